The number of nitrogens with zero attached hydrogens (tertiary/aromatic N) is 1. The Balaban J connectivity index is 2.31. The number of hydrogen-bond donors (Lipinski definition) is 1. The molecule has 2 aromatic rings. The minimum absolute atomic E-state index is 0.717. The zero-order valence-corrected chi connectivity index (χ0v) is 7.86. The maximum Gasteiger partial charge on any atom is 0.0869 e. The molecule has 1 aliphatic rings. The van der Waals surface area contributed by atoms with Crippen LogP contribution in [-0.2, 0) is 17.9 Å². The van der Waals surface area contributed by atoms with Crippen molar-refractivity contribution in [1.29, 1.82) is 0 Å². The summed E-state index contributed by atoms with van der Waals surface area (Å²) in [5, 5.41) is 1.21. The van der Waals surface area contributed by atoms with Gasteiger partial charge in [-0.3, -0.25) is 0 Å². The molecular formula is C11H12N2O. The summed E-state index contributed by atoms with van der Waals surface area (Å²) >= 11 is 0. The van der Waals surface area contributed by atoms with E-state index in [0.717, 1.165) is 18.8 Å². The van der Waals surface area contributed by atoms with Crippen LogP contribution in [0.5, 0.6) is 0 Å². The topological polar surface area (TPSA) is 40.2 Å². The summed E-state index contributed by atoms with van der Waals surface area (Å²) in [4.78, 5) is 0. The number of nitrogen functional groups attached to an aromatic ring is 1. The Kier molecular flexibility index (Phi) is 1.55. The molecule has 0 aliphatic carbocycles. The summed E-state index contributed by atoms with van der Waals surface area (Å²) in [5.41, 5.74) is 9.07. The van der Waals surface area contributed by atoms with E-state index in [1.807, 2.05) is 12.1 Å². The van der Waals surface area contributed by atoms with Gasteiger partial charge < -0.3 is 15.0 Å². The average Bonchev–Trinajstić information content (AvgIpc) is 2.54. The van der Waals surface area contributed by atoms with Gasteiger partial charge in [0, 0.05) is 28.8 Å². The van der Waals surface area contributed by atoms with E-state index < -0.39 is 0 Å². The fourth-order valence-electron chi connectivity index (χ4n) is 2.06. The fourth-order valence-corrected chi connectivity index (χ4v) is 2.06. The van der Waals surface area contributed by atoms with Gasteiger partial charge in [0.2, 0.25) is 0 Å². The van der Waals surface area contributed by atoms with E-state index in [4.69, 9.17) is 10.5 Å². The number of aromatic nitrogens is 1. The molecule has 0 unspecified atom stereocenters. The molecule has 0 spiro atoms. The monoisotopic (exact) mass is 188 g/mol. The summed E-state index contributed by atoms with van der Waals surface area (Å²) in [6, 6.07) is 8.20. The molecule has 0 atom stereocenters. The molecule has 3 rings (SSSR count). The predicted molar refractivity (Wildman–Crippen MR) is 56.0 cm³/mol. The highest BCUT2D eigenvalue weighted by Crippen LogP contribution is 2.24. The third-order valence-corrected chi connectivity index (χ3v) is 2.72. The molecule has 1 aromatic heterocycles. The highest BCUT2D eigenvalue weighted by Gasteiger charge is 2.12. The first kappa shape index (κ1) is 7.88. The third-order valence-electron chi connectivity index (χ3n) is 2.72. The van der Waals surface area contributed by atoms with Crippen LogP contribution >= 0.6 is 0 Å². The lowest BCUT2D eigenvalue weighted by molar-refractivity contribution is 0.0865. The number of benzene rings is 1. The molecule has 3 heteroatoms. The van der Waals surface area contributed by atoms with Crippen LogP contribution in [0.4, 0.5) is 5.69 Å². The van der Waals surface area contributed by atoms with Gasteiger partial charge in [-0.05, 0) is 24.3 Å². The molecule has 3 nitrogen and oxygen atoms in total. The van der Waals surface area contributed by atoms with E-state index >= 15 is 0 Å². The Bertz CT molecular complexity index is 487. The van der Waals surface area contributed by atoms with Crippen molar-refractivity contribution >= 4 is 16.6 Å². The SMILES string of the molecule is Nc1ccc2c(c1)cc1n2CCOC1. The lowest BCUT2D eigenvalue weighted by atomic mass is 10.2. The number of hydrogen-bond acceptors (Lipinski definition) is 2. The van der Waals surface area contributed by atoms with E-state index in [1.54, 1.807) is 0 Å². The summed E-state index contributed by atoms with van der Waals surface area (Å²) in [6.45, 7) is 2.47. The van der Waals surface area contributed by atoms with Crippen LogP contribution in [0, 0.1) is 0 Å². The molecule has 0 amide bonds. The first-order valence-electron chi connectivity index (χ1n) is 4.80. The smallest absolute Gasteiger partial charge is 0.0869 e. The van der Waals surface area contributed by atoms with Crippen molar-refractivity contribution in [3.8, 4) is 0 Å². The largest absolute Gasteiger partial charge is 0.399 e. The van der Waals surface area contributed by atoms with Gasteiger partial charge in [0.15, 0.2) is 0 Å². The molecular weight excluding hydrogens is 176 g/mol. The first-order valence-corrected chi connectivity index (χ1v) is 4.80. The van der Waals surface area contributed by atoms with Crippen LogP contribution in [0.3, 0.4) is 0 Å². The zero-order chi connectivity index (χ0) is 9.54. The Morgan fingerprint density at radius 3 is 3.14 bits per heavy atom. The van der Waals surface area contributed by atoms with E-state index in [2.05, 4.69) is 16.7 Å². The van der Waals surface area contributed by atoms with E-state index in [-0.39, 0.29) is 0 Å². The molecule has 0 bridgehead atoms. The quantitative estimate of drug-likeness (QED) is 0.640. The second kappa shape index (κ2) is 2.75. The maximum absolute atomic E-state index is 5.74. The van der Waals surface area contributed by atoms with Crippen molar-refractivity contribution in [2.24, 2.45) is 0 Å². The van der Waals surface area contributed by atoms with Crippen LogP contribution in [0.15, 0.2) is 24.3 Å². The average molecular weight is 188 g/mol. The third kappa shape index (κ3) is 1.02. The number of rotatable bonds is 0. The van der Waals surface area contributed by atoms with Gasteiger partial charge in [-0.25, -0.2) is 0 Å². The standard InChI is InChI=1S/C11H12N2O/c12-9-1-2-11-8(5-9)6-10-7-14-4-3-13(10)11/h1-2,5-6H,3-4,7,12H2. The molecule has 14 heavy (non-hydrogen) atoms. The molecule has 1 aromatic carbocycles. The predicted octanol–water partition coefficient (Wildman–Crippen LogP) is 1.75. The summed E-state index contributed by atoms with van der Waals surface area (Å²) < 4.78 is 7.71. The van der Waals surface area contributed by atoms with Crippen LogP contribution in [0.1, 0.15) is 5.69 Å². The number of ether oxygens (including phenoxy) is 1. The Labute approximate surface area is 82.1 Å². The van der Waals surface area contributed by atoms with Crippen molar-refractivity contribution in [2.75, 3.05) is 12.3 Å². The molecule has 1 aliphatic heterocycles. The highest BCUT2D eigenvalue weighted by molar-refractivity contribution is 5.84. The lowest BCUT2D eigenvalue weighted by Crippen LogP contribution is -2.15. The highest BCUT2D eigenvalue weighted by atomic mass is 16.5. The van der Waals surface area contributed by atoms with Crippen molar-refractivity contribution in [3.63, 3.8) is 0 Å². The van der Waals surface area contributed by atoms with Gasteiger partial charge in [-0.15, -0.1) is 0 Å². The fraction of sp³-hybridized carbons (Fsp3) is 0.273. The van der Waals surface area contributed by atoms with Crippen LogP contribution in [0.2, 0.25) is 0 Å². The molecule has 2 heterocycles. The van der Waals surface area contributed by atoms with E-state index in [1.165, 1.54) is 16.6 Å². The van der Waals surface area contributed by atoms with Gasteiger partial charge >= 0.3 is 0 Å². The van der Waals surface area contributed by atoms with Crippen molar-refractivity contribution in [2.45, 2.75) is 13.2 Å². The van der Waals surface area contributed by atoms with Gasteiger partial charge in [-0.2, -0.15) is 0 Å². The minimum Gasteiger partial charge on any atom is -0.399 e. The first-order chi connectivity index (χ1) is 6.84. The van der Waals surface area contributed by atoms with Crippen molar-refractivity contribution < 1.29 is 4.74 Å². The molecule has 2 N–H and O–H groups in total. The van der Waals surface area contributed by atoms with Crippen LogP contribution < -0.4 is 5.73 Å². The summed E-state index contributed by atoms with van der Waals surface area (Å²) in [5.74, 6) is 0. The normalized spacial score (nSPS) is 15.7. The van der Waals surface area contributed by atoms with E-state index in [9.17, 15) is 0 Å². The lowest BCUT2D eigenvalue weighted by Gasteiger charge is -2.16. The summed E-state index contributed by atoms with van der Waals surface area (Å²) in [6.07, 6.45) is 0. The number of fused-ring (bicyclic) bond motifs is 3. The molecule has 0 saturated heterocycles. The molecule has 0 radical (unpaired) electrons. The van der Waals surface area contributed by atoms with Crippen LogP contribution in [-0.4, -0.2) is 11.2 Å². The summed E-state index contributed by atoms with van der Waals surface area (Å²) in [7, 11) is 0. The van der Waals surface area contributed by atoms with Crippen LogP contribution in [0.25, 0.3) is 10.9 Å². The Morgan fingerprint density at radius 1 is 1.29 bits per heavy atom. The van der Waals surface area contributed by atoms with Gasteiger partial charge in [0.05, 0.1) is 13.2 Å². The zero-order valence-electron chi connectivity index (χ0n) is 7.86. The van der Waals surface area contributed by atoms with Crippen molar-refractivity contribution in [3.05, 3.63) is 30.0 Å². The molecule has 0 fully saturated rings. The molecule has 72 valence electrons. The number of nitrogens with two attached hydrogens (primary N) is 1. The second-order valence-electron chi connectivity index (χ2n) is 3.66. The minimum atomic E-state index is 0.717. The number of anilines is 1. The maximum atomic E-state index is 5.74. The van der Waals surface area contributed by atoms with E-state index in [0.29, 0.717) is 6.61 Å². The van der Waals surface area contributed by atoms with Crippen molar-refractivity contribution in [1.82, 2.24) is 4.57 Å². The van der Waals surface area contributed by atoms with Gasteiger partial charge in [-0.1, -0.05) is 0 Å². The van der Waals surface area contributed by atoms with Gasteiger partial charge in [0.1, 0.15) is 0 Å². The Morgan fingerprint density at radius 2 is 2.21 bits per heavy atom. The van der Waals surface area contributed by atoms with Gasteiger partial charge in [0.25, 0.3) is 0 Å². The molecule has 0 saturated carbocycles. The Hall–Kier alpha value is -1.48. The second-order valence-corrected chi connectivity index (χ2v) is 3.66.